The molecule has 0 radical (unpaired) electrons. The van der Waals surface area contributed by atoms with Crippen molar-refractivity contribution in [3.63, 3.8) is 0 Å². The molecule has 0 aromatic carbocycles. The van der Waals surface area contributed by atoms with Gasteiger partial charge in [0.05, 0.1) is 13.2 Å². The Balaban J connectivity index is 3.91. The number of nitrogens with zero attached hydrogens (tertiary/aromatic N) is 1. The maximum Gasteiger partial charge on any atom is 0.0589 e. The standard InChI is InChI=1S/C14H25NO2/c1-5-6-7-14(2)8-9-15(10-12-16-3)11-13-17-4/h5-7H,1-2,8-13H2,3-4H3. The van der Waals surface area contributed by atoms with E-state index in [0.29, 0.717) is 0 Å². The molecule has 0 aliphatic carbocycles. The highest BCUT2D eigenvalue weighted by Gasteiger charge is 2.04. The zero-order valence-electron chi connectivity index (χ0n) is 11.2. The van der Waals surface area contributed by atoms with Crippen LogP contribution in [0.5, 0.6) is 0 Å². The first-order chi connectivity index (χ1) is 8.24. The van der Waals surface area contributed by atoms with Crippen LogP contribution in [0.2, 0.25) is 0 Å². The summed E-state index contributed by atoms with van der Waals surface area (Å²) in [4.78, 5) is 2.32. The molecule has 0 saturated carbocycles. The Labute approximate surface area is 105 Å². The van der Waals surface area contributed by atoms with Gasteiger partial charge in [-0.15, -0.1) is 0 Å². The van der Waals surface area contributed by atoms with Crippen LogP contribution in [0.1, 0.15) is 6.42 Å². The van der Waals surface area contributed by atoms with Crippen LogP contribution in [0, 0.1) is 0 Å². The molecule has 0 N–H and O–H groups in total. The lowest BCUT2D eigenvalue weighted by atomic mass is 10.2. The molecule has 0 amide bonds. The number of methoxy groups -OCH3 is 2. The Morgan fingerprint density at radius 3 is 2.18 bits per heavy atom. The minimum atomic E-state index is 0.749. The molecule has 0 aromatic heterocycles. The van der Waals surface area contributed by atoms with Gasteiger partial charge in [0.15, 0.2) is 0 Å². The van der Waals surface area contributed by atoms with Gasteiger partial charge in [-0.05, 0) is 6.42 Å². The van der Waals surface area contributed by atoms with E-state index in [2.05, 4.69) is 18.1 Å². The van der Waals surface area contributed by atoms with Gasteiger partial charge < -0.3 is 9.47 Å². The molecule has 0 atom stereocenters. The fourth-order valence-corrected chi connectivity index (χ4v) is 1.37. The lowest BCUT2D eigenvalue weighted by Crippen LogP contribution is -2.31. The second kappa shape index (κ2) is 11.6. The van der Waals surface area contributed by atoms with Crippen molar-refractivity contribution in [2.45, 2.75) is 6.42 Å². The van der Waals surface area contributed by atoms with Gasteiger partial charge in [-0.3, -0.25) is 4.90 Å². The average molecular weight is 239 g/mol. The van der Waals surface area contributed by atoms with Gasteiger partial charge in [-0.2, -0.15) is 0 Å². The van der Waals surface area contributed by atoms with Crippen molar-refractivity contribution in [2.75, 3.05) is 47.1 Å². The third-order valence-corrected chi connectivity index (χ3v) is 2.44. The fourth-order valence-electron chi connectivity index (χ4n) is 1.37. The molecule has 98 valence electrons. The van der Waals surface area contributed by atoms with Gasteiger partial charge >= 0.3 is 0 Å². The zero-order valence-corrected chi connectivity index (χ0v) is 11.2. The molecule has 0 rings (SSSR count). The maximum atomic E-state index is 5.09. The van der Waals surface area contributed by atoms with Crippen molar-refractivity contribution in [1.29, 1.82) is 0 Å². The van der Waals surface area contributed by atoms with Crippen LogP contribution in [0.4, 0.5) is 0 Å². The predicted octanol–water partition coefficient (Wildman–Crippen LogP) is 2.27. The van der Waals surface area contributed by atoms with Crippen molar-refractivity contribution < 1.29 is 9.47 Å². The molecule has 0 fully saturated rings. The summed E-state index contributed by atoms with van der Waals surface area (Å²) in [5, 5.41) is 0. The highest BCUT2D eigenvalue weighted by Crippen LogP contribution is 2.03. The molecule has 0 aliphatic heterocycles. The van der Waals surface area contributed by atoms with Crippen molar-refractivity contribution in [1.82, 2.24) is 4.90 Å². The van der Waals surface area contributed by atoms with Crippen molar-refractivity contribution >= 4 is 0 Å². The van der Waals surface area contributed by atoms with Crippen molar-refractivity contribution in [2.24, 2.45) is 0 Å². The summed E-state index contributed by atoms with van der Waals surface area (Å²) in [5.41, 5.74) is 1.12. The third-order valence-electron chi connectivity index (χ3n) is 2.44. The van der Waals surface area contributed by atoms with Gasteiger partial charge in [0.2, 0.25) is 0 Å². The molecule has 3 heteroatoms. The first kappa shape index (κ1) is 16.1. The molecular formula is C14H25NO2. The lowest BCUT2D eigenvalue weighted by molar-refractivity contribution is 0.115. The topological polar surface area (TPSA) is 21.7 Å². The number of ether oxygens (including phenoxy) is 2. The van der Waals surface area contributed by atoms with Crippen LogP contribution < -0.4 is 0 Å². The Bertz CT molecular complexity index is 228. The van der Waals surface area contributed by atoms with E-state index in [9.17, 15) is 0 Å². The van der Waals surface area contributed by atoms with Gasteiger partial charge in [0.1, 0.15) is 0 Å². The van der Waals surface area contributed by atoms with E-state index in [1.807, 2.05) is 12.2 Å². The highest BCUT2D eigenvalue weighted by molar-refractivity contribution is 5.18. The van der Waals surface area contributed by atoms with Crippen molar-refractivity contribution in [3.05, 3.63) is 37.0 Å². The van der Waals surface area contributed by atoms with Crippen LogP contribution >= 0.6 is 0 Å². The minimum Gasteiger partial charge on any atom is -0.383 e. The maximum absolute atomic E-state index is 5.09. The summed E-state index contributed by atoms with van der Waals surface area (Å²) in [6.45, 7) is 12.0. The summed E-state index contributed by atoms with van der Waals surface area (Å²) in [6.07, 6.45) is 6.63. The third kappa shape index (κ3) is 10.00. The van der Waals surface area contributed by atoms with E-state index < -0.39 is 0 Å². The summed E-state index contributed by atoms with van der Waals surface area (Å²) >= 11 is 0. The zero-order chi connectivity index (χ0) is 12.9. The van der Waals surface area contributed by atoms with Crippen molar-refractivity contribution in [3.8, 4) is 0 Å². The van der Waals surface area contributed by atoms with E-state index in [-0.39, 0.29) is 0 Å². The van der Waals surface area contributed by atoms with Crippen LogP contribution in [0.3, 0.4) is 0 Å². The monoisotopic (exact) mass is 239 g/mol. The van der Waals surface area contributed by atoms with Gasteiger partial charge in [-0.25, -0.2) is 0 Å². The fraction of sp³-hybridized carbons (Fsp3) is 0.571. The Morgan fingerprint density at radius 2 is 1.71 bits per heavy atom. The van der Waals surface area contributed by atoms with Crippen LogP contribution in [0.15, 0.2) is 37.0 Å². The van der Waals surface area contributed by atoms with Gasteiger partial charge in [0.25, 0.3) is 0 Å². The first-order valence-corrected chi connectivity index (χ1v) is 5.91. The van der Waals surface area contributed by atoms with Gasteiger partial charge in [-0.1, -0.05) is 37.0 Å². The Morgan fingerprint density at radius 1 is 1.12 bits per heavy atom. The smallest absolute Gasteiger partial charge is 0.0589 e. The predicted molar refractivity (Wildman–Crippen MR) is 73.3 cm³/mol. The second-order valence-corrected chi connectivity index (χ2v) is 3.83. The summed E-state index contributed by atoms with van der Waals surface area (Å²) < 4.78 is 10.2. The lowest BCUT2D eigenvalue weighted by Gasteiger charge is -2.21. The first-order valence-electron chi connectivity index (χ1n) is 5.91. The molecule has 0 heterocycles. The molecule has 0 saturated heterocycles. The van der Waals surface area contributed by atoms with E-state index in [1.165, 1.54) is 0 Å². The Hall–Kier alpha value is -0.900. The van der Waals surface area contributed by atoms with E-state index >= 15 is 0 Å². The normalized spacial score (nSPS) is 11.2. The molecule has 0 aromatic rings. The minimum absolute atomic E-state index is 0.749. The largest absolute Gasteiger partial charge is 0.383 e. The number of rotatable bonds is 11. The molecule has 0 spiro atoms. The molecular weight excluding hydrogens is 214 g/mol. The summed E-state index contributed by atoms with van der Waals surface area (Å²) in [7, 11) is 3.44. The second-order valence-electron chi connectivity index (χ2n) is 3.83. The van der Waals surface area contributed by atoms with Crippen LogP contribution in [0.25, 0.3) is 0 Å². The number of hydrogen-bond donors (Lipinski definition) is 0. The van der Waals surface area contributed by atoms with E-state index in [0.717, 1.165) is 44.8 Å². The average Bonchev–Trinajstić information content (AvgIpc) is 2.35. The van der Waals surface area contributed by atoms with E-state index in [4.69, 9.17) is 9.47 Å². The van der Waals surface area contributed by atoms with E-state index in [1.54, 1.807) is 20.3 Å². The molecule has 0 unspecified atom stereocenters. The summed E-state index contributed by atoms with van der Waals surface area (Å²) in [5.74, 6) is 0. The molecule has 17 heavy (non-hydrogen) atoms. The highest BCUT2D eigenvalue weighted by atomic mass is 16.5. The molecule has 0 aliphatic rings. The number of allylic oxidation sites excluding steroid dienone is 3. The Kier molecular flexibility index (Phi) is 11.0. The molecule has 0 bridgehead atoms. The number of hydrogen-bond acceptors (Lipinski definition) is 3. The summed E-state index contributed by atoms with van der Waals surface area (Å²) in [6, 6.07) is 0. The van der Waals surface area contributed by atoms with Gasteiger partial charge in [0, 0.05) is 33.9 Å². The molecule has 3 nitrogen and oxygen atoms in total. The quantitative estimate of drug-likeness (QED) is 0.516. The van der Waals surface area contributed by atoms with Crippen LogP contribution in [-0.4, -0.2) is 52.0 Å². The SMILES string of the molecule is C=CC=CC(=C)CCN(CCOC)CCOC. The van der Waals surface area contributed by atoms with Crippen LogP contribution in [-0.2, 0) is 9.47 Å².